The van der Waals surface area contributed by atoms with E-state index in [0.717, 1.165) is 5.75 Å². The van der Waals surface area contributed by atoms with Gasteiger partial charge in [-0.2, -0.15) is 5.10 Å². The molecule has 3 rings (SSSR count). The van der Waals surface area contributed by atoms with Gasteiger partial charge < -0.3 is 19.5 Å². The minimum atomic E-state index is -0.105. The van der Waals surface area contributed by atoms with E-state index in [-0.39, 0.29) is 5.91 Å². The maximum atomic E-state index is 12.2. The largest absolute Gasteiger partial charge is 0.497 e. The quantitative estimate of drug-likeness (QED) is 0.657. The minimum absolute atomic E-state index is 0.105. The van der Waals surface area contributed by atoms with Crippen LogP contribution in [-0.2, 0) is 11.3 Å². The molecule has 0 bridgehead atoms. The van der Waals surface area contributed by atoms with Gasteiger partial charge in [-0.05, 0) is 42.5 Å². The molecular weight excluding hydrogens is 346 g/mol. The summed E-state index contributed by atoms with van der Waals surface area (Å²) in [5.41, 5.74) is 0.629. The van der Waals surface area contributed by atoms with Crippen LogP contribution in [-0.4, -0.2) is 29.9 Å². The molecule has 1 aromatic heterocycles. The topological polar surface area (TPSA) is 74.6 Å². The van der Waals surface area contributed by atoms with Gasteiger partial charge in [-0.3, -0.25) is 9.48 Å². The molecule has 0 fully saturated rings. The first-order valence-electron chi connectivity index (χ1n) is 8.45. The Labute approximate surface area is 157 Å². The van der Waals surface area contributed by atoms with Crippen LogP contribution < -0.4 is 19.5 Å². The highest BCUT2D eigenvalue weighted by atomic mass is 16.5. The smallest absolute Gasteiger partial charge is 0.226 e. The summed E-state index contributed by atoms with van der Waals surface area (Å²) in [5, 5.41) is 6.95. The van der Waals surface area contributed by atoms with Crippen LogP contribution in [0.3, 0.4) is 0 Å². The van der Waals surface area contributed by atoms with E-state index in [1.54, 1.807) is 55.4 Å². The molecule has 1 heterocycles. The Morgan fingerprint density at radius 3 is 2.48 bits per heavy atom. The fraction of sp³-hybridized carbons (Fsp3) is 0.200. The van der Waals surface area contributed by atoms with Crippen molar-refractivity contribution in [2.45, 2.75) is 13.0 Å². The van der Waals surface area contributed by atoms with Crippen molar-refractivity contribution in [3.63, 3.8) is 0 Å². The molecular formula is C20H21N3O4. The number of ether oxygens (including phenoxy) is 3. The van der Waals surface area contributed by atoms with Gasteiger partial charge in [0.15, 0.2) is 11.5 Å². The summed E-state index contributed by atoms with van der Waals surface area (Å²) < 4.78 is 18.1. The highest BCUT2D eigenvalue weighted by molar-refractivity contribution is 5.91. The number of rotatable bonds is 8. The SMILES string of the molecule is COc1ccc(Oc2cc(NC(=O)CCn3cccn3)ccc2OC)cc1. The number of hydrogen-bond acceptors (Lipinski definition) is 5. The van der Waals surface area contributed by atoms with Gasteiger partial charge in [0.1, 0.15) is 11.5 Å². The summed E-state index contributed by atoms with van der Waals surface area (Å²) in [4.78, 5) is 12.2. The van der Waals surface area contributed by atoms with Gasteiger partial charge in [0.2, 0.25) is 5.91 Å². The van der Waals surface area contributed by atoms with E-state index in [0.29, 0.717) is 35.9 Å². The molecule has 0 unspecified atom stereocenters. The van der Waals surface area contributed by atoms with Crippen LogP contribution in [0.5, 0.6) is 23.0 Å². The van der Waals surface area contributed by atoms with Gasteiger partial charge in [0, 0.05) is 37.1 Å². The van der Waals surface area contributed by atoms with E-state index in [4.69, 9.17) is 14.2 Å². The molecule has 0 saturated heterocycles. The molecule has 7 nitrogen and oxygen atoms in total. The first-order chi connectivity index (χ1) is 13.2. The molecule has 2 aromatic carbocycles. The molecule has 0 aliphatic rings. The zero-order chi connectivity index (χ0) is 19.1. The van der Waals surface area contributed by atoms with Gasteiger partial charge in [-0.1, -0.05) is 0 Å². The summed E-state index contributed by atoms with van der Waals surface area (Å²) in [7, 11) is 3.18. The average Bonchev–Trinajstić information content (AvgIpc) is 3.21. The number of benzene rings is 2. The van der Waals surface area contributed by atoms with E-state index in [2.05, 4.69) is 10.4 Å². The monoisotopic (exact) mass is 367 g/mol. The van der Waals surface area contributed by atoms with E-state index in [1.165, 1.54) is 0 Å². The fourth-order valence-electron chi connectivity index (χ4n) is 2.48. The number of amides is 1. The first-order valence-corrected chi connectivity index (χ1v) is 8.45. The summed E-state index contributed by atoms with van der Waals surface area (Å²) in [6.45, 7) is 0.518. The standard InChI is InChI=1S/C20H21N3O4/c1-25-16-5-7-17(8-6-16)27-19-14-15(4-9-18(19)26-2)22-20(24)10-13-23-12-3-11-21-23/h3-9,11-12,14H,10,13H2,1-2H3,(H,22,24). The van der Waals surface area contributed by atoms with Crippen molar-refractivity contribution in [2.75, 3.05) is 19.5 Å². The van der Waals surface area contributed by atoms with Crippen molar-refractivity contribution in [3.8, 4) is 23.0 Å². The van der Waals surface area contributed by atoms with Gasteiger partial charge >= 0.3 is 0 Å². The van der Waals surface area contributed by atoms with Crippen LogP contribution in [0.15, 0.2) is 60.9 Å². The maximum Gasteiger partial charge on any atom is 0.226 e. The Morgan fingerprint density at radius 1 is 1.04 bits per heavy atom. The van der Waals surface area contributed by atoms with Crippen LogP contribution >= 0.6 is 0 Å². The second kappa shape index (κ2) is 8.75. The van der Waals surface area contributed by atoms with Crippen molar-refractivity contribution >= 4 is 11.6 Å². The van der Waals surface area contributed by atoms with E-state index in [1.807, 2.05) is 24.4 Å². The van der Waals surface area contributed by atoms with Crippen molar-refractivity contribution in [3.05, 3.63) is 60.9 Å². The molecule has 0 aliphatic heterocycles. The van der Waals surface area contributed by atoms with Crippen LogP contribution in [0.2, 0.25) is 0 Å². The molecule has 0 aliphatic carbocycles. The summed E-state index contributed by atoms with van der Waals surface area (Å²) in [6, 6.07) is 14.3. The van der Waals surface area contributed by atoms with Crippen LogP contribution in [0.1, 0.15) is 6.42 Å². The van der Waals surface area contributed by atoms with Crippen LogP contribution in [0.4, 0.5) is 5.69 Å². The average molecular weight is 367 g/mol. The predicted octanol–water partition coefficient (Wildman–Crippen LogP) is 3.72. The normalized spacial score (nSPS) is 10.3. The Kier molecular flexibility index (Phi) is 5.94. The zero-order valence-corrected chi connectivity index (χ0v) is 15.2. The highest BCUT2D eigenvalue weighted by Crippen LogP contribution is 2.34. The Bertz CT molecular complexity index is 877. The third-order valence-electron chi connectivity index (χ3n) is 3.86. The van der Waals surface area contributed by atoms with Gasteiger partial charge in [-0.15, -0.1) is 0 Å². The summed E-state index contributed by atoms with van der Waals surface area (Å²) in [5.74, 6) is 2.35. The third kappa shape index (κ3) is 5.01. The number of aryl methyl sites for hydroxylation is 1. The highest BCUT2D eigenvalue weighted by Gasteiger charge is 2.10. The van der Waals surface area contributed by atoms with Gasteiger partial charge in [0.05, 0.1) is 14.2 Å². The lowest BCUT2D eigenvalue weighted by molar-refractivity contribution is -0.116. The van der Waals surface area contributed by atoms with E-state index < -0.39 is 0 Å². The Balaban J connectivity index is 1.67. The number of anilines is 1. The second-order valence-electron chi connectivity index (χ2n) is 5.71. The van der Waals surface area contributed by atoms with Crippen molar-refractivity contribution in [2.24, 2.45) is 0 Å². The summed E-state index contributed by atoms with van der Waals surface area (Å²) in [6.07, 6.45) is 3.83. The predicted molar refractivity (Wildman–Crippen MR) is 102 cm³/mol. The molecule has 140 valence electrons. The fourth-order valence-corrected chi connectivity index (χ4v) is 2.48. The maximum absolute atomic E-state index is 12.2. The molecule has 27 heavy (non-hydrogen) atoms. The molecule has 7 heteroatoms. The number of aromatic nitrogens is 2. The van der Waals surface area contributed by atoms with Gasteiger partial charge in [-0.25, -0.2) is 0 Å². The summed E-state index contributed by atoms with van der Waals surface area (Å²) >= 11 is 0. The number of hydrogen-bond donors (Lipinski definition) is 1. The molecule has 1 amide bonds. The lowest BCUT2D eigenvalue weighted by Gasteiger charge is -2.13. The second-order valence-corrected chi connectivity index (χ2v) is 5.71. The number of carbonyl (C=O) groups excluding carboxylic acids is 1. The van der Waals surface area contributed by atoms with E-state index in [9.17, 15) is 4.79 Å². The minimum Gasteiger partial charge on any atom is -0.497 e. The van der Waals surface area contributed by atoms with Crippen LogP contribution in [0, 0.1) is 0 Å². The molecule has 0 spiro atoms. The number of nitrogens with one attached hydrogen (secondary N) is 1. The number of carbonyl (C=O) groups is 1. The van der Waals surface area contributed by atoms with Crippen LogP contribution in [0.25, 0.3) is 0 Å². The first kappa shape index (κ1) is 18.3. The number of nitrogens with zero attached hydrogens (tertiary/aromatic N) is 2. The van der Waals surface area contributed by atoms with Gasteiger partial charge in [0.25, 0.3) is 0 Å². The lowest BCUT2D eigenvalue weighted by atomic mass is 10.2. The Morgan fingerprint density at radius 2 is 1.81 bits per heavy atom. The van der Waals surface area contributed by atoms with Crippen molar-refractivity contribution in [1.82, 2.24) is 9.78 Å². The lowest BCUT2D eigenvalue weighted by Crippen LogP contribution is -2.14. The zero-order valence-electron chi connectivity index (χ0n) is 15.2. The number of methoxy groups -OCH3 is 2. The Hall–Kier alpha value is -3.48. The van der Waals surface area contributed by atoms with Crippen molar-refractivity contribution in [1.29, 1.82) is 0 Å². The molecule has 0 radical (unpaired) electrons. The molecule has 0 atom stereocenters. The van der Waals surface area contributed by atoms with E-state index >= 15 is 0 Å². The van der Waals surface area contributed by atoms with Crippen molar-refractivity contribution < 1.29 is 19.0 Å². The molecule has 1 N–H and O–H groups in total. The molecule has 3 aromatic rings. The third-order valence-corrected chi connectivity index (χ3v) is 3.86. The molecule has 0 saturated carbocycles.